The Morgan fingerprint density at radius 1 is 1.33 bits per heavy atom. The molecule has 1 atom stereocenters. The van der Waals surface area contributed by atoms with Crippen LogP contribution in [0.5, 0.6) is 0 Å². The lowest BCUT2D eigenvalue weighted by molar-refractivity contribution is -0.387. The van der Waals surface area contributed by atoms with Crippen molar-refractivity contribution in [3.8, 4) is 0 Å². The van der Waals surface area contributed by atoms with Gasteiger partial charge in [0.15, 0.2) is 4.90 Å². The van der Waals surface area contributed by atoms with E-state index in [0.29, 0.717) is 6.42 Å². The molecule has 1 rings (SSSR count). The summed E-state index contributed by atoms with van der Waals surface area (Å²) in [5.41, 5.74) is 5.48. The first-order chi connectivity index (χ1) is 9.67. The lowest BCUT2D eigenvalue weighted by Crippen LogP contribution is -2.34. The molecule has 0 saturated heterocycles. The minimum atomic E-state index is -3.90. The van der Waals surface area contributed by atoms with Crippen LogP contribution in [0.15, 0.2) is 29.2 Å². The van der Waals surface area contributed by atoms with Crippen LogP contribution < -0.4 is 5.73 Å². The number of hydrogen-bond donors (Lipinski definition) is 1. The van der Waals surface area contributed by atoms with Crippen LogP contribution in [0.2, 0.25) is 0 Å². The van der Waals surface area contributed by atoms with Gasteiger partial charge in [0.1, 0.15) is 0 Å². The number of sulfonamides is 1. The Morgan fingerprint density at radius 2 is 1.90 bits per heavy atom. The van der Waals surface area contributed by atoms with Gasteiger partial charge in [-0.25, -0.2) is 12.7 Å². The van der Waals surface area contributed by atoms with Crippen LogP contribution in [0, 0.1) is 16.0 Å². The Balaban J connectivity index is 2.98. The van der Waals surface area contributed by atoms with E-state index >= 15 is 0 Å². The minimum Gasteiger partial charge on any atom is -0.327 e. The molecule has 0 aromatic heterocycles. The highest BCUT2D eigenvalue weighted by atomic mass is 32.2. The molecule has 1 aromatic carbocycles. The predicted octanol–water partition coefficient (Wildman–Crippen LogP) is 1.59. The second-order valence-corrected chi connectivity index (χ2v) is 7.26. The van der Waals surface area contributed by atoms with Gasteiger partial charge in [-0.1, -0.05) is 26.0 Å². The lowest BCUT2D eigenvalue weighted by atomic mass is 10.0. The Kier molecular flexibility index (Phi) is 5.82. The fraction of sp³-hybridized carbons (Fsp3) is 0.538. The molecular weight excluding hydrogens is 294 g/mol. The third-order valence-corrected chi connectivity index (χ3v) is 5.29. The lowest BCUT2D eigenvalue weighted by Gasteiger charge is -2.21. The van der Waals surface area contributed by atoms with Crippen molar-refractivity contribution in [2.75, 3.05) is 13.6 Å². The fourth-order valence-electron chi connectivity index (χ4n) is 1.78. The Morgan fingerprint density at radius 3 is 2.43 bits per heavy atom. The number of rotatable bonds is 7. The summed E-state index contributed by atoms with van der Waals surface area (Å²) in [5.74, 6) is 0.243. The standard InChI is InChI=1S/C13H21N3O4S/c1-10(2)11(14)8-9-15(3)21(19,20)13-7-5-4-6-12(13)16(17)18/h4-7,10-11H,8-9,14H2,1-3H3. The predicted molar refractivity (Wildman–Crippen MR) is 80.3 cm³/mol. The number of benzene rings is 1. The Hall–Kier alpha value is -1.51. The first kappa shape index (κ1) is 17.5. The molecule has 2 N–H and O–H groups in total. The van der Waals surface area contributed by atoms with E-state index in [1.165, 1.54) is 31.3 Å². The quantitative estimate of drug-likeness (QED) is 0.607. The summed E-state index contributed by atoms with van der Waals surface area (Å²) in [6.45, 7) is 4.14. The second kappa shape index (κ2) is 6.97. The molecule has 118 valence electrons. The topological polar surface area (TPSA) is 107 Å². The van der Waals surface area contributed by atoms with Crippen molar-refractivity contribution in [3.05, 3.63) is 34.4 Å². The summed E-state index contributed by atoms with van der Waals surface area (Å²) in [4.78, 5) is 9.96. The Bertz CT molecular complexity index is 601. The average molecular weight is 315 g/mol. The first-order valence-corrected chi connectivity index (χ1v) is 8.07. The van der Waals surface area contributed by atoms with Gasteiger partial charge in [0.25, 0.3) is 5.69 Å². The van der Waals surface area contributed by atoms with Gasteiger partial charge < -0.3 is 5.73 Å². The van der Waals surface area contributed by atoms with Crippen molar-refractivity contribution in [1.29, 1.82) is 0 Å². The molecule has 0 spiro atoms. The molecule has 8 heteroatoms. The zero-order chi connectivity index (χ0) is 16.2. The zero-order valence-electron chi connectivity index (χ0n) is 12.4. The Labute approximate surface area is 124 Å². The molecule has 0 aliphatic heterocycles. The summed E-state index contributed by atoms with van der Waals surface area (Å²) >= 11 is 0. The number of nitrogens with two attached hydrogens (primary N) is 1. The highest BCUT2D eigenvalue weighted by molar-refractivity contribution is 7.89. The van der Waals surface area contributed by atoms with Gasteiger partial charge >= 0.3 is 0 Å². The molecule has 0 saturated carbocycles. The SMILES string of the molecule is CC(C)C(N)CCN(C)S(=O)(=O)c1ccccc1[N+](=O)[O-]. The normalized spacial score (nSPS) is 13.6. The van der Waals surface area contributed by atoms with E-state index in [2.05, 4.69) is 0 Å². The molecule has 0 fully saturated rings. The van der Waals surface area contributed by atoms with E-state index in [9.17, 15) is 18.5 Å². The maximum Gasteiger partial charge on any atom is 0.289 e. The van der Waals surface area contributed by atoms with Gasteiger partial charge in [-0.05, 0) is 18.4 Å². The average Bonchev–Trinajstić information content (AvgIpc) is 2.43. The summed E-state index contributed by atoms with van der Waals surface area (Å²) in [6.07, 6.45) is 0.494. The third-order valence-electron chi connectivity index (χ3n) is 3.38. The molecule has 0 amide bonds. The van der Waals surface area contributed by atoms with Crippen molar-refractivity contribution in [1.82, 2.24) is 4.31 Å². The van der Waals surface area contributed by atoms with E-state index < -0.39 is 20.6 Å². The number of nitrogens with zero attached hydrogens (tertiary/aromatic N) is 2. The highest BCUT2D eigenvalue weighted by Crippen LogP contribution is 2.25. The number of hydrogen-bond acceptors (Lipinski definition) is 5. The molecule has 0 bridgehead atoms. The van der Waals surface area contributed by atoms with Gasteiger partial charge in [-0.2, -0.15) is 0 Å². The smallest absolute Gasteiger partial charge is 0.289 e. The second-order valence-electron chi connectivity index (χ2n) is 5.25. The highest BCUT2D eigenvalue weighted by Gasteiger charge is 2.29. The molecule has 0 aliphatic carbocycles. The maximum atomic E-state index is 12.4. The van der Waals surface area contributed by atoms with Gasteiger partial charge in [0, 0.05) is 25.7 Å². The summed E-state index contributed by atoms with van der Waals surface area (Å²) in [7, 11) is -2.50. The number of para-hydroxylation sites is 1. The van der Waals surface area contributed by atoms with E-state index in [1.54, 1.807) is 0 Å². The maximum absolute atomic E-state index is 12.4. The zero-order valence-corrected chi connectivity index (χ0v) is 13.2. The molecule has 0 radical (unpaired) electrons. The third kappa shape index (κ3) is 4.23. The van der Waals surface area contributed by atoms with E-state index in [4.69, 9.17) is 5.73 Å². The molecule has 0 aliphatic rings. The number of nitro groups is 1. The molecular formula is C13H21N3O4S. The van der Waals surface area contributed by atoms with Gasteiger partial charge in [-0.15, -0.1) is 0 Å². The fourth-order valence-corrected chi connectivity index (χ4v) is 3.12. The number of nitro benzene ring substituents is 1. The van der Waals surface area contributed by atoms with Gasteiger partial charge in [0.05, 0.1) is 4.92 Å². The van der Waals surface area contributed by atoms with Crippen molar-refractivity contribution >= 4 is 15.7 Å². The molecule has 1 aromatic rings. The van der Waals surface area contributed by atoms with Gasteiger partial charge in [-0.3, -0.25) is 10.1 Å². The van der Waals surface area contributed by atoms with Gasteiger partial charge in [0.2, 0.25) is 10.0 Å². The first-order valence-electron chi connectivity index (χ1n) is 6.63. The molecule has 1 unspecified atom stereocenters. The largest absolute Gasteiger partial charge is 0.327 e. The summed E-state index contributed by atoms with van der Waals surface area (Å²) < 4.78 is 25.9. The van der Waals surface area contributed by atoms with Crippen LogP contribution in [0.25, 0.3) is 0 Å². The van der Waals surface area contributed by atoms with Crippen molar-refractivity contribution in [2.45, 2.75) is 31.2 Å². The van der Waals surface area contributed by atoms with Crippen molar-refractivity contribution in [2.24, 2.45) is 11.7 Å². The van der Waals surface area contributed by atoms with Crippen LogP contribution in [-0.4, -0.2) is 37.3 Å². The summed E-state index contributed by atoms with van der Waals surface area (Å²) in [6, 6.07) is 5.21. The van der Waals surface area contributed by atoms with Crippen molar-refractivity contribution < 1.29 is 13.3 Å². The molecule has 21 heavy (non-hydrogen) atoms. The molecule has 7 nitrogen and oxygen atoms in total. The van der Waals surface area contributed by atoms with E-state index in [-0.39, 0.29) is 23.4 Å². The van der Waals surface area contributed by atoms with Crippen LogP contribution in [0.3, 0.4) is 0 Å². The van der Waals surface area contributed by atoms with E-state index in [0.717, 1.165) is 4.31 Å². The van der Waals surface area contributed by atoms with Crippen LogP contribution >= 0.6 is 0 Å². The summed E-state index contributed by atoms with van der Waals surface area (Å²) in [5, 5.41) is 10.9. The monoisotopic (exact) mass is 315 g/mol. The van der Waals surface area contributed by atoms with Crippen LogP contribution in [0.4, 0.5) is 5.69 Å². The van der Waals surface area contributed by atoms with E-state index in [1.807, 2.05) is 13.8 Å². The van der Waals surface area contributed by atoms with Crippen LogP contribution in [-0.2, 0) is 10.0 Å². The van der Waals surface area contributed by atoms with Crippen molar-refractivity contribution in [3.63, 3.8) is 0 Å². The van der Waals surface area contributed by atoms with Crippen LogP contribution in [0.1, 0.15) is 20.3 Å². The minimum absolute atomic E-state index is 0.117. The molecule has 0 heterocycles.